The molecule has 0 bridgehead atoms. The Morgan fingerprint density at radius 1 is 0.839 bits per heavy atom. The van der Waals surface area contributed by atoms with Gasteiger partial charge in [-0.25, -0.2) is 0 Å². The van der Waals surface area contributed by atoms with Gasteiger partial charge in [-0.1, -0.05) is 60.7 Å². The van der Waals surface area contributed by atoms with Gasteiger partial charge in [0.05, 0.1) is 13.0 Å². The van der Waals surface area contributed by atoms with E-state index < -0.39 is 0 Å². The minimum atomic E-state index is -0.291. The Labute approximate surface area is 182 Å². The predicted molar refractivity (Wildman–Crippen MR) is 125 cm³/mol. The number of methoxy groups -OCH3 is 1. The van der Waals surface area contributed by atoms with E-state index in [1.54, 1.807) is 7.11 Å². The summed E-state index contributed by atoms with van der Waals surface area (Å²) in [6, 6.07) is 29.5. The molecule has 0 aliphatic rings. The Morgan fingerprint density at radius 3 is 2.42 bits per heavy atom. The Kier molecular flexibility index (Phi) is 6.18. The lowest BCUT2D eigenvalue weighted by Gasteiger charge is -2.14. The standard InChI is InChI=1S/C27H25NO3/c1-19(21-11-12-23-16-25(30-2)14-13-22(23)15-21)27(29)28-24-9-6-10-26(17-24)31-18-20-7-4-3-5-8-20/h3-17,19H,18H2,1-2H3,(H,28,29)/t19-/m0/s1. The molecule has 156 valence electrons. The number of benzene rings is 4. The zero-order valence-corrected chi connectivity index (χ0v) is 17.7. The first kappa shape index (κ1) is 20.5. The summed E-state index contributed by atoms with van der Waals surface area (Å²) in [6.07, 6.45) is 0. The molecule has 0 saturated carbocycles. The summed E-state index contributed by atoms with van der Waals surface area (Å²) >= 11 is 0. The summed E-state index contributed by atoms with van der Waals surface area (Å²) < 4.78 is 11.1. The fourth-order valence-corrected chi connectivity index (χ4v) is 3.45. The minimum Gasteiger partial charge on any atom is -0.497 e. The van der Waals surface area contributed by atoms with Crippen LogP contribution in [0.5, 0.6) is 11.5 Å². The summed E-state index contributed by atoms with van der Waals surface area (Å²) in [6.45, 7) is 2.40. The highest BCUT2D eigenvalue weighted by molar-refractivity contribution is 5.96. The molecule has 0 heterocycles. The second-order valence-corrected chi connectivity index (χ2v) is 7.49. The molecule has 4 nitrogen and oxygen atoms in total. The second-order valence-electron chi connectivity index (χ2n) is 7.49. The van der Waals surface area contributed by atoms with Crippen LogP contribution < -0.4 is 14.8 Å². The van der Waals surface area contributed by atoms with Crippen LogP contribution in [0.25, 0.3) is 10.8 Å². The van der Waals surface area contributed by atoms with Crippen LogP contribution in [0.3, 0.4) is 0 Å². The zero-order chi connectivity index (χ0) is 21.6. The van der Waals surface area contributed by atoms with Crippen LogP contribution in [0, 0.1) is 0 Å². The normalized spacial score (nSPS) is 11.7. The van der Waals surface area contributed by atoms with Gasteiger partial charge in [-0.15, -0.1) is 0 Å². The highest BCUT2D eigenvalue weighted by atomic mass is 16.5. The first-order valence-electron chi connectivity index (χ1n) is 10.3. The molecule has 4 aromatic rings. The summed E-state index contributed by atoms with van der Waals surface area (Å²) in [5, 5.41) is 5.17. The number of ether oxygens (including phenoxy) is 2. The maximum Gasteiger partial charge on any atom is 0.231 e. The number of nitrogens with one attached hydrogen (secondary N) is 1. The van der Waals surface area contributed by atoms with Crippen molar-refractivity contribution in [2.75, 3.05) is 12.4 Å². The highest BCUT2D eigenvalue weighted by Gasteiger charge is 2.16. The van der Waals surface area contributed by atoms with Crippen molar-refractivity contribution < 1.29 is 14.3 Å². The first-order valence-corrected chi connectivity index (χ1v) is 10.3. The van der Waals surface area contributed by atoms with E-state index in [-0.39, 0.29) is 11.8 Å². The van der Waals surface area contributed by atoms with Crippen molar-refractivity contribution in [3.63, 3.8) is 0 Å². The molecule has 1 N–H and O–H groups in total. The summed E-state index contributed by atoms with van der Waals surface area (Å²) in [7, 11) is 1.66. The SMILES string of the molecule is COc1ccc2cc([C@H](C)C(=O)Nc3cccc(OCc4ccccc4)c3)ccc2c1. The molecule has 0 spiro atoms. The fraction of sp³-hybridized carbons (Fsp3) is 0.148. The van der Waals surface area contributed by atoms with E-state index in [1.807, 2.05) is 91.9 Å². The van der Waals surface area contributed by atoms with E-state index in [0.717, 1.165) is 27.6 Å². The molecule has 0 aliphatic heterocycles. The van der Waals surface area contributed by atoms with E-state index in [4.69, 9.17) is 9.47 Å². The molecule has 4 aromatic carbocycles. The lowest BCUT2D eigenvalue weighted by molar-refractivity contribution is -0.117. The van der Waals surface area contributed by atoms with Gasteiger partial charge in [0.15, 0.2) is 0 Å². The van der Waals surface area contributed by atoms with E-state index >= 15 is 0 Å². The van der Waals surface area contributed by atoms with Crippen LogP contribution in [0.1, 0.15) is 24.0 Å². The summed E-state index contributed by atoms with van der Waals surface area (Å²) in [4.78, 5) is 12.9. The quantitative estimate of drug-likeness (QED) is 0.396. The molecule has 1 atom stereocenters. The van der Waals surface area contributed by atoms with E-state index in [2.05, 4.69) is 11.4 Å². The Balaban J connectivity index is 1.43. The monoisotopic (exact) mass is 411 g/mol. The highest BCUT2D eigenvalue weighted by Crippen LogP contribution is 2.26. The molecule has 4 rings (SSSR count). The van der Waals surface area contributed by atoms with Gasteiger partial charge < -0.3 is 14.8 Å². The van der Waals surface area contributed by atoms with Gasteiger partial charge in [-0.2, -0.15) is 0 Å². The average Bonchev–Trinajstić information content (AvgIpc) is 2.82. The van der Waals surface area contributed by atoms with Crippen LogP contribution in [0.4, 0.5) is 5.69 Å². The van der Waals surface area contributed by atoms with E-state index in [0.29, 0.717) is 18.0 Å². The molecular formula is C27H25NO3. The molecule has 1 amide bonds. The van der Waals surface area contributed by atoms with Crippen LogP contribution in [-0.4, -0.2) is 13.0 Å². The second kappa shape index (κ2) is 9.35. The number of hydrogen-bond acceptors (Lipinski definition) is 3. The smallest absolute Gasteiger partial charge is 0.231 e. The zero-order valence-electron chi connectivity index (χ0n) is 17.7. The maximum absolute atomic E-state index is 12.9. The Morgan fingerprint density at radius 2 is 1.61 bits per heavy atom. The number of carbonyl (C=O) groups excluding carboxylic acids is 1. The Hall–Kier alpha value is -3.79. The van der Waals surface area contributed by atoms with E-state index in [9.17, 15) is 4.79 Å². The molecular weight excluding hydrogens is 386 g/mol. The van der Waals surface area contributed by atoms with Gasteiger partial charge in [0.25, 0.3) is 0 Å². The van der Waals surface area contributed by atoms with Crippen molar-refractivity contribution >= 4 is 22.4 Å². The lowest BCUT2D eigenvalue weighted by Crippen LogP contribution is -2.18. The van der Waals surface area contributed by atoms with Crippen molar-refractivity contribution in [2.45, 2.75) is 19.4 Å². The summed E-state index contributed by atoms with van der Waals surface area (Å²) in [5.74, 6) is 1.18. The molecule has 4 heteroatoms. The number of carbonyl (C=O) groups is 1. The van der Waals surface area contributed by atoms with Gasteiger partial charge in [-0.05, 0) is 53.1 Å². The van der Waals surface area contributed by atoms with E-state index in [1.165, 1.54) is 0 Å². The molecule has 0 aliphatic carbocycles. The van der Waals surface area contributed by atoms with Gasteiger partial charge in [0.1, 0.15) is 18.1 Å². The first-order chi connectivity index (χ1) is 15.1. The van der Waals surface area contributed by atoms with Crippen molar-refractivity contribution in [3.8, 4) is 11.5 Å². The molecule has 31 heavy (non-hydrogen) atoms. The largest absolute Gasteiger partial charge is 0.497 e. The summed E-state index contributed by atoms with van der Waals surface area (Å²) in [5.41, 5.74) is 2.78. The number of fused-ring (bicyclic) bond motifs is 1. The van der Waals surface area contributed by atoms with Gasteiger partial charge in [0, 0.05) is 11.8 Å². The van der Waals surface area contributed by atoms with Crippen molar-refractivity contribution in [1.29, 1.82) is 0 Å². The fourth-order valence-electron chi connectivity index (χ4n) is 3.45. The van der Waals surface area contributed by atoms with Crippen LogP contribution in [0.2, 0.25) is 0 Å². The number of amides is 1. The number of rotatable bonds is 7. The van der Waals surface area contributed by atoms with Crippen LogP contribution in [-0.2, 0) is 11.4 Å². The molecule has 0 aromatic heterocycles. The van der Waals surface area contributed by atoms with Crippen LogP contribution in [0.15, 0.2) is 91.0 Å². The van der Waals surface area contributed by atoms with Crippen molar-refractivity contribution in [3.05, 3.63) is 102 Å². The molecule has 0 fully saturated rings. The topological polar surface area (TPSA) is 47.6 Å². The van der Waals surface area contributed by atoms with Gasteiger partial charge >= 0.3 is 0 Å². The van der Waals surface area contributed by atoms with Gasteiger partial charge in [-0.3, -0.25) is 4.79 Å². The molecule has 0 unspecified atom stereocenters. The third-order valence-electron chi connectivity index (χ3n) is 5.31. The molecule has 0 saturated heterocycles. The number of hydrogen-bond donors (Lipinski definition) is 1. The van der Waals surface area contributed by atoms with Crippen molar-refractivity contribution in [1.82, 2.24) is 0 Å². The van der Waals surface area contributed by atoms with Crippen LogP contribution >= 0.6 is 0 Å². The number of anilines is 1. The Bertz CT molecular complexity index is 1190. The lowest BCUT2D eigenvalue weighted by atomic mass is 9.97. The molecule has 0 radical (unpaired) electrons. The minimum absolute atomic E-state index is 0.0620. The third kappa shape index (κ3) is 5.04. The van der Waals surface area contributed by atoms with Gasteiger partial charge in [0.2, 0.25) is 5.91 Å². The predicted octanol–water partition coefficient (Wildman–Crippen LogP) is 6.17. The third-order valence-corrected chi connectivity index (χ3v) is 5.31. The van der Waals surface area contributed by atoms with Crippen molar-refractivity contribution in [2.24, 2.45) is 0 Å². The maximum atomic E-state index is 12.9. The average molecular weight is 412 g/mol.